The minimum absolute atomic E-state index is 0.0513. The van der Waals surface area contributed by atoms with Crippen LogP contribution in [0.4, 0.5) is 13.2 Å². The number of alkyl halides is 3. The predicted octanol–water partition coefficient (Wildman–Crippen LogP) is 4.44. The Bertz CT molecular complexity index is 866. The van der Waals surface area contributed by atoms with Crippen molar-refractivity contribution in [3.63, 3.8) is 0 Å². The Morgan fingerprint density at radius 1 is 1.00 bits per heavy atom. The van der Waals surface area contributed by atoms with Gasteiger partial charge in [0.1, 0.15) is 0 Å². The van der Waals surface area contributed by atoms with Gasteiger partial charge in [-0.05, 0) is 36.5 Å². The maximum atomic E-state index is 12.9. The zero-order chi connectivity index (χ0) is 16.9. The normalized spacial score (nSPS) is 25.5. The summed E-state index contributed by atoms with van der Waals surface area (Å²) in [6.45, 7) is 0. The fourth-order valence-electron chi connectivity index (χ4n) is 4.59. The van der Waals surface area contributed by atoms with E-state index in [-0.39, 0.29) is 34.7 Å². The van der Waals surface area contributed by atoms with E-state index in [0.29, 0.717) is 11.1 Å². The summed E-state index contributed by atoms with van der Waals surface area (Å²) in [7, 11) is 0. The second-order valence-corrected chi connectivity index (χ2v) is 6.93. The number of allylic oxidation sites excluding steroid dienone is 2. The molecule has 3 aliphatic rings. The van der Waals surface area contributed by atoms with Crippen LogP contribution in [0.15, 0.2) is 36.4 Å². The Morgan fingerprint density at radius 2 is 1.58 bits per heavy atom. The van der Waals surface area contributed by atoms with E-state index in [1.54, 1.807) is 0 Å². The molecule has 0 radical (unpaired) electrons. The van der Waals surface area contributed by atoms with Crippen molar-refractivity contribution >= 4 is 0 Å². The van der Waals surface area contributed by atoms with Gasteiger partial charge >= 0.3 is 6.18 Å². The molecule has 3 aliphatic carbocycles. The summed E-state index contributed by atoms with van der Waals surface area (Å²) >= 11 is 0. The quantitative estimate of drug-likeness (QED) is 0.758. The molecule has 24 heavy (non-hydrogen) atoms. The SMILES string of the molecule is Oc1c2c(c(O)n1-c1cccc(C(F)(F)F)c1)C1C=CC2C12CC2. The molecule has 0 saturated heterocycles. The maximum absolute atomic E-state index is 12.9. The molecule has 2 bridgehead atoms. The lowest BCUT2D eigenvalue weighted by atomic mass is 9.90. The third kappa shape index (κ3) is 1.49. The van der Waals surface area contributed by atoms with Gasteiger partial charge in [0.15, 0.2) is 0 Å². The average Bonchev–Trinajstić information content (AvgIpc) is 3.12. The molecule has 1 aromatic heterocycles. The van der Waals surface area contributed by atoms with Crippen molar-refractivity contribution in [2.45, 2.75) is 30.9 Å². The minimum atomic E-state index is -4.48. The van der Waals surface area contributed by atoms with E-state index < -0.39 is 11.7 Å². The number of aromatic hydroxyl groups is 2. The Labute approximate surface area is 135 Å². The van der Waals surface area contributed by atoms with Gasteiger partial charge in [0.05, 0.1) is 11.3 Å². The minimum Gasteiger partial charge on any atom is -0.494 e. The summed E-state index contributed by atoms with van der Waals surface area (Å²) < 4.78 is 40.0. The number of fused-ring (bicyclic) bond motifs is 3. The first-order valence-corrected chi connectivity index (χ1v) is 7.87. The van der Waals surface area contributed by atoms with Gasteiger partial charge in [-0.15, -0.1) is 0 Å². The van der Waals surface area contributed by atoms with Crippen molar-refractivity contribution < 1.29 is 23.4 Å². The molecule has 2 aromatic rings. The fraction of sp³-hybridized carbons (Fsp3) is 0.333. The van der Waals surface area contributed by atoms with Crippen LogP contribution in [0, 0.1) is 5.41 Å². The molecule has 6 heteroatoms. The van der Waals surface area contributed by atoms with Crippen LogP contribution in [0.1, 0.15) is 41.4 Å². The summed E-state index contributed by atoms with van der Waals surface area (Å²) in [4.78, 5) is 0. The van der Waals surface area contributed by atoms with Gasteiger partial charge in [-0.1, -0.05) is 18.2 Å². The van der Waals surface area contributed by atoms with Crippen LogP contribution >= 0.6 is 0 Å². The Morgan fingerprint density at radius 3 is 2.08 bits per heavy atom. The second kappa shape index (κ2) is 3.99. The summed E-state index contributed by atoms with van der Waals surface area (Å²) in [5, 5.41) is 21.3. The highest BCUT2D eigenvalue weighted by Crippen LogP contribution is 2.76. The van der Waals surface area contributed by atoms with Crippen LogP contribution in [-0.4, -0.2) is 14.8 Å². The zero-order valence-corrected chi connectivity index (χ0v) is 12.5. The molecule has 3 nitrogen and oxygen atoms in total. The molecule has 2 atom stereocenters. The molecular weight excluding hydrogens is 319 g/mol. The number of benzene rings is 1. The predicted molar refractivity (Wildman–Crippen MR) is 80.4 cm³/mol. The highest BCUT2D eigenvalue weighted by Gasteiger charge is 2.64. The molecule has 2 N–H and O–H groups in total. The highest BCUT2D eigenvalue weighted by atomic mass is 19.4. The third-order valence-electron chi connectivity index (χ3n) is 5.81. The largest absolute Gasteiger partial charge is 0.494 e. The van der Waals surface area contributed by atoms with Crippen LogP contribution in [0.25, 0.3) is 5.69 Å². The smallest absolute Gasteiger partial charge is 0.416 e. The van der Waals surface area contributed by atoms with E-state index in [1.807, 2.05) is 0 Å². The molecule has 5 rings (SSSR count). The van der Waals surface area contributed by atoms with E-state index in [2.05, 4.69) is 12.2 Å². The van der Waals surface area contributed by atoms with E-state index in [9.17, 15) is 23.4 Å². The van der Waals surface area contributed by atoms with E-state index in [1.165, 1.54) is 12.1 Å². The lowest BCUT2D eigenvalue weighted by molar-refractivity contribution is -0.137. The molecule has 1 heterocycles. The molecule has 1 saturated carbocycles. The topological polar surface area (TPSA) is 45.4 Å². The molecule has 1 spiro atoms. The number of hydrogen-bond acceptors (Lipinski definition) is 2. The van der Waals surface area contributed by atoms with Gasteiger partial charge in [-0.3, -0.25) is 4.57 Å². The van der Waals surface area contributed by atoms with Gasteiger partial charge in [0.25, 0.3) is 0 Å². The van der Waals surface area contributed by atoms with Crippen molar-refractivity contribution in [2.24, 2.45) is 5.41 Å². The Hall–Kier alpha value is -2.37. The van der Waals surface area contributed by atoms with Crippen molar-refractivity contribution in [1.82, 2.24) is 4.57 Å². The van der Waals surface area contributed by atoms with Crippen LogP contribution in [0.3, 0.4) is 0 Å². The van der Waals surface area contributed by atoms with Crippen molar-refractivity contribution in [1.29, 1.82) is 0 Å². The number of hydrogen-bond donors (Lipinski definition) is 2. The van der Waals surface area contributed by atoms with Crippen molar-refractivity contribution in [2.75, 3.05) is 0 Å². The number of halogens is 3. The molecule has 2 unspecified atom stereocenters. The molecular formula is C18H14F3NO2. The highest BCUT2D eigenvalue weighted by molar-refractivity contribution is 5.66. The van der Waals surface area contributed by atoms with E-state index >= 15 is 0 Å². The van der Waals surface area contributed by atoms with Gasteiger partial charge in [-0.2, -0.15) is 13.2 Å². The standard InChI is InChI=1S/C18H14F3NO2/c19-18(20,21)9-2-1-3-10(8-9)22-15(23)13-11-4-5-12(14(13)16(22)24)17(11)6-7-17/h1-5,8,11-12,23-24H,6-7H2. The first-order chi connectivity index (χ1) is 11.3. The molecule has 0 aliphatic heterocycles. The summed E-state index contributed by atoms with van der Waals surface area (Å²) in [5.41, 5.74) is 0.739. The van der Waals surface area contributed by atoms with E-state index in [4.69, 9.17) is 0 Å². The average molecular weight is 333 g/mol. The summed E-state index contributed by atoms with van der Waals surface area (Å²) in [5.74, 6) is -0.194. The Balaban J connectivity index is 1.69. The van der Waals surface area contributed by atoms with Crippen LogP contribution in [0.2, 0.25) is 0 Å². The van der Waals surface area contributed by atoms with Crippen molar-refractivity contribution in [3.8, 4) is 17.4 Å². The molecule has 1 aromatic carbocycles. The van der Waals surface area contributed by atoms with Gasteiger partial charge in [-0.25, -0.2) is 0 Å². The number of aromatic nitrogens is 1. The maximum Gasteiger partial charge on any atom is 0.416 e. The summed E-state index contributed by atoms with van der Waals surface area (Å²) in [6, 6.07) is 4.64. The molecule has 1 fully saturated rings. The van der Waals surface area contributed by atoms with Gasteiger partial charge in [0.2, 0.25) is 11.8 Å². The monoisotopic (exact) mass is 333 g/mol. The lowest BCUT2D eigenvalue weighted by Crippen LogP contribution is -2.08. The van der Waals surface area contributed by atoms with Crippen LogP contribution in [0.5, 0.6) is 11.8 Å². The second-order valence-electron chi connectivity index (χ2n) is 6.93. The van der Waals surface area contributed by atoms with Gasteiger partial charge in [0, 0.05) is 23.0 Å². The first kappa shape index (κ1) is 14.0. The van der Waals surface area contributed by atoms with Crippen LogP contribution < -0.4 is 0 Å². The van der Waals surface area contributed by atoms with Gasteiger partial charge < -0.3 is 10.2 Å². The Kier molecular flexibility index (Phi) is 2.33. The lowest BCUT2D eigenvalue weighted by Gasteiger charge is -2.17. The zero-order valence-electron chi connectivity index (χ0n) is 12.5. The van der Waals surface area contributed by atoms with Crippen molar-refractivity contribution in [3.05, 3.63) is 53.1 Å². The number of rotatable bonds is 1. The molecule has 124 valence electrons. The first-order valence-electron chi connectivity index (χ1n) is 7.87. The third-order valence-corrected chi connectivity index (χ3v) is 5.81. The van der Waals surface area contributed by atoms with Crippen LogP contribution in [-0.2, 0) is 6.18 Å². The number of nitrogens with zero attached hydrogens (tertiary/aromatic N) is 1. The van der Waals surface area contributed by atoms with E-state index in [0.717, 1.165) is 29.5 Å². The summed E-state index contributed by atoms with van der Waals surface area (Å²) in [6.07, 6.45) is 1.72. The molecule has 0 amide bonds. The fourth-order valence-corrected chi connectivity index (χ4v) is 4.59.